The van der Waals surface area contributed by atoms with Gasteiger partial charge >= 0.3 is 0 Å². The first kappa shape index (κ1) is 14.2. The molecule has 0 aliphatic heterocycles. The Kier molecular flexibility index (Phi) is 6.23. The molecule has 1 rings (SSSR count). The molecule has 1 unspecified atom stereocenters. The zero-order chi connectivity index (χ0) is 12.7. The highest BCUT2D eigenvalue weighted by molar-refractivity contribution is 5.28. The summed E-state index contributed by atoms with van der Waals surface area (Å²) in [5.74, 6) is 0. The Morgan fingerprint density at radius 3 is 2.41 bits per heavy atom. The molecule has 0 bridgehead atoms. The average Bonchev–Trinajstić information content (AvgIpc) is 2.23. The molecule has 0 amide bonds. The van der Waals surface area contributed by atoms with Crippen molar-refractivity contribution in [2.75, 3.05) is 13.2 Å². The standard InChI is InChI=1S/C15H24O2/c1-4-17-7-5-6-15(16)11-14-9-12(2)8-13(3)10-14/h8-10,15-16H,4-7,11H2,1-3H3. The van der Waals surface area contributed by atoms with Gasteiger partial charge in [0.2, 0.25) is 0 Å². The molecule has 2 nitrogen and oxygen atoms in total. The number of aliphatic hydroxyl groups excluding tert-OH is 1. The Balaban J connectivity index is 2.36. The molecule has 0 saturated carbocycles. The molecule has 2 heteroatoms. The van der Waals surface area contributed by atoms with Crippen LogP contribution in [0.3, 0.4) is 0 Å². The van der Waals surface area contributed by atoms with Crippen LogP contribution in [0.5, 0.6) is 0 Å². The molecule has 0 aliphatic carbocycles. The van der Waals surface area contributed by atoms with Gasteiger partial charge in [-0.05, 0) is 45.6 Å². The van der Waals surface area contributed by atoms with Crippen LogP contribution in [0.1, 0.15) is 36.5 Å². The van der Waals surface area contributed by atoms with E-state index in [2.05, 4.69) is 32.0 Å². The number of rotatable bonds is 7. The van der Waals surface area contributed by atoms with Gasteiger partial charge in [-0.3, -0.25) is 0 Å². The normalized spacial score (nSPS) is 12.7. The van der Waals surface area contributed by atoms with E-state index in [9.17, 15) is 5.11 Å². The maximum absolute atomic E-state index is 9.93. The van der Waals surface area contributed by atoms with E-state index in [1.165, 1.54) is 16.7 Å². The Hall–Kier alpha value is -0.860. The van der Waals surface area contributed by atoms with Gasteiger partial charge in [-0.15, -0.1) is 0 Å². The van der Waals surface area contributed by atoms with Crippen molar-refractivity contribution in [1.29, 1.82) is 0 Å². The third-order valence-electron chi connectivity index (χ3n) is 2.78. The third-order valence-corrected chi connectivity index (χ3v) is 2.78. The van der Waals surface area contributed by atoms with Gasteiger partial charge in [-0.2, -0.15) is 0 Å². The monoisotopic (exact) mass is 236 g/mol. The second-order valence-electron chi connectivity index (χ2n) is 4.69. The summed E-state index contributed by atoms with van der Waals surface area (Å²) in [6, 6.07) is 6.46. The van der Waals surface area contributed by atoms with Gasteiger partial charge in [0, 0.05) is 13.2 Å². The summed E-state index contributed by atoms with van der Waals surface area (Å²) in [6.45, 7) is 7.69. The minimum absolute atomic E-state index is 0.253. The van der Waals surface area contributed by atoms with Gasteiger partial charge in [0.05, 0.1) is 6.10 Å². The fourth-order valence-electron chi connectivity index (χ4n) is 2.13. The number of ether oxygens (including phenoxy) is 1. The lowest BCUT2D eigenvalue weighted by Gasteiger charge is -2.11. The molecule has 1 aromatic carbocycles. The molecule has 96 valence electrons. The topological polar surface area (TPSA) is 29.5 Å². The summed E-state index contributed by atoms with van der Waals surface area (Å²) < 4.78 is 5.26. The number of hydrogen-bond donors (Lipinski definition) is 1. The lowest BCUT2D eigenvalue weighted by molar-refractivity contribution is 0.114. The van der Waals surface area contributed by atoms with E-state index in [0.29, 0.717) is 0 Å². The van der Waals surface area contributed by atoms with Crippen molar-refractivity contribution in [2.24, 2.45) is 0 Å². The fourth-order valence-corrected chi connectivity index (χ4v) is 2.13. The summed E-state index contributed by atoms with van der Waals surface area (Å²) in [6.07, 6.45) is 2.23. The Bertz CT molecular complexity index is 313. The quantitative estimate of drug-likeness (QED) is 0.737. The van der Waals surface area contributed by atoms with Gasteiger partial charge in [0.25, 0.3) is 0 Å². The molecule has 0 aromatic heterocycles. The molecule has 0 heterocycles. The lowest BCUT2D eigenvalue weighted by atomic mass is 10.0. The maximum atomic E-state index is 9.93. The summed E-state index contributed by atoms with van der Waals surface area (Å²) in [4.78, 5) is 0. The summed E-state index contributed by atoms with van der Waals surface area (Å²) in [5, 5.41) is 9.93. The Labute approximate surface area is 105 Å². The van der Waals surface area contributed by atoms with Crippen LogP contribution in [0.15, 0.2) is 18.2 Å². The first-order chi connectivity index (χ1) is 8.11. The number of hydrogen-bond acceptors (Lipinski definition) is 2. The van der Waals surface area contributed by atoms with Crippen molar-refractivity contribution in [3.05, 3.63) is 34.9 Å². The molecular formula is C15H24O2. The maximum Gasteiger partial charge on any atom is 0.0581 e. The molecule has 0 saturated heterocycles. The van der Waals surface area contributed by atoms with Crippen LogP contribution in [0.4, 0.5) is 0 Å². The van der Waals surface area contributed by atoms with Crippen LogP contribution in [0.2, 0.25) is 0 Å². The van der Waals surface area contributed by atoms with Crippen molar-refractivity contribution >= 4 is 0 Å². The highest BCUT2D eigenvalue weighted by atomic mass is 16.5. The molecule has 0 spiro atoms. The van der Waals surface area contributed by atoms with E-state index >= 15 is 0 Å². The van der Waals surface area contributed by atoms with Crippen LogP contribution in [0.25, 0.3) is 0 Å². The third kappa shape index (κ3) is 5.85. The van der Waals surface area contributed by atoms with Crippen LogP contribution >= 0.6 is 0 Å². The first-order valence-electron chi connectivity index (χ1n) is 6.44. The number of benzene rings is 1. The summed E-state index contributed by atoms with van der Waals surface area (Å²) in [5.41, 5.74) is 3.76. The molecule has 0 aliphatic rings. The second kappa shape index (κ2) is 7.46. The van der Waals surface area contributed by atoms with E-state index in [-0.39, 0.29) is 6.10 Å². The molecule has 0 radical (unpaired) electrons. The highest BCUT2D eigenvalue weighted by Crippen LogP contribution is 2.12. The van der Waals surface area contributed by atoms with Gasteiger partial charge in [0.15, 0.2) is 0 Å². The van der Waals surface area contributed by atoms with Crippen molar-refractivity contribution in [1.82, 2.24) is 0 Å². The predicted octanol–water partition coefficient (Wildman–Crippen LogP) is 3.02. The summed E-state index contributed by atoms with van der Waals surface area (Å²) >= 11 is 0. The minimum Gasteiger partial charge on any atom is -0.393 e. The second-order valence-corrected chi connectivity index (χ2v) is 4.69. The molecule has 17 heavy (non-hydrogen) atoms. The SMILES string of the molecule is CCOCCCC(O)Cc1cc(C)cc(C)c1. The van der Waals surface area contributed by atoms with Gasteiger partial charge in [0.1, 0.15) is 0 Å². The van der Waals surface area contributed by atoms with Crippen LogP contribution in [0, 0.1) is 13.8 Å². The van der Waals surface area contributed by atoms with Crippen molar-refractivity contribution in [2.45, 2.75) is 46.1 Å². The van der Waals surface area contributed by atoms with Crippen LogP contribution in [-0.4, -0.2) is 24.4 Å². The van der Waals surface area contributed by atoms with E-state index in [0.717, 1.165) is 32.5 Å². The molecular weight excluding hydrogens is 212 g/mol. The van der Waals surface area contributed by atoms with Crippen LogP contribution < -0.4 is 0 Å². The summed E-state index contributed by atoms with van der Waals surface area (Å²) in [7, 11) is 0. The first-order valence-corrected chi connectivity index (χ1v) is 6.44. The lowest BCUT2D eigenvalue weighted by Crippen LogP contribution is -2.12. The van der Waals surface area contributed by atoms with E-state index in [4.69, 9.17) is 4.74 Å². The molecule has 1 N–H and O–H groups in total. The highest BCUT2D eigenvalue weighted by Gasteiger charge is 2.06. The average molecular weight is 236 g/mol. The number of aliphatic hydroxyl groups is 1. The molecule has 1 atom stereocenters. The smallest absolute Gasteiger partial charge is 0.0581 e. The van der Waals surface area contributed by atoms with Crippen molar-refractivity contribution in [3.8, 4) is 0 Å². The molecule has 1 aromatic rings. The van der Waals surface area contributed by atoms with Gasteiger partial charge in [-0.25, -0.2) is 0 Å². The zero-order valence-corrected chi connectivity index (χ0v) is 11.2. The van der Waals surface area contributed by atoms with E-state index in [1.807, 2.05) is 6.92 Å². The van der Waals surface area contributed by atoms with Gasteiger partial charge < -0.3 is 9.84 Å². The Morgan fingerprint density at radius 1 is 1.18 bits per heavy atom. The van der Waals surface area contributed by atoms with Gasteiger partial charge in [-0.1, -0.05) is 29.3 Å². The number of aryl methyl sites for hydroxylation is 2. The molecule has 0 fully saturated rings. The largest absolute Gasteiger partial charge is 0.393 e. The predicted molar refractivity (Wildman–Crippen MR) is 71.4 cm³/mol. The Morgan fingerprint density at radius 2 is 1.82 bits per heavy atom. The zero-order valence-electron chi connectivity index (χ0n) is 11.2. The van der Waals surface area contributed by atoms with Crippen LogP contribution in [-0.2, 0) is 11.2 Å². The minimum atomic E-state index is -0.253. The van der Waals surface area contributed by atoms with E-state index < -0.39 is 0 Å². The fraction of sp³-hybridized carbons (Fsp3) is 0.600. The van der Waals surface area contributed by atoms with Crippen molar-refractivity contribution in [3.63, 3.8) is 0 Å². The van der Waals surface area contributed by atoms with Crippen molar-refractivity contribution < 1.29 is 9.84 Å². The van der Waals surface area contributed by atoms with E-state index in [1.54, 1.807) is 0 Å².